The highest BCUT2D eigenvalue weighted by Crippen LogP contribution is 2.11. The maximum Gasteiger partial charge on any atom is 0.0428 e. The van der Waals surface area contributed by atoms with Crippen LogP contribution in [-0.4, -0.2) is 18.2 Å². The number of aliphatic imine (C=N–C) groups is 1. The van der Waals surface area contributed by atoms with E-state index in [4.69, 9.17) is 0 Å². The second-order valence-electron chi connectivity index (χ2n) is 5.07. The SMILES string of the molecule is CC(C)c1ccccn1.CC/C(=C\C=NC)C(C)C. The van der Waals surface area contributed by atoms with Gasteiger partial charge in [0.25, 0.3) is 0 Å². The summed E-state index contributed by atoms with van der Waals surface area (Å²) in [6.45, 7) is 10.9. The molecule has 0 radical (unpaired) electrons. The van der Waals surface area contributed by atoms with Crippen LogP contribution in [0.1, 0.15) is 52.7 Å². The van der Waals surface area contributed by atoms with Crippen LogP contribution in [0.25, 0.3) is 0 Å². The number of nitrogens with zero attached hydrogens (tertiary/aromatic N) is 2. The summed E-state index contributed by atoms with van der Waals surface area (Å²) >= 11 is 0. The van der Waals surface area contributed by atoms with E-state index in [1.54, 1.807) is 7.05 Å². The van der Waals surface area contributed by atoms with E-state index in [0.717, 1.165) is 12.1 Å². The van der Waals surface area contributed by atoms with Crippen molar-refractivity contribution >= 4 is 6.21 Å². The van der Waals surface area contributed by atoms with Gasteiger partial charge in [-0.25, -0.2) is 0 Å². The lowest BCUT2D eigenvalue weighted by Gasteiger charge is -2.05. The van der Waals surface area contributed by atoms with Crippen molar-refractivity contribution in [3.8, 4) is 0 Å². The molecule has 0 unspecified atom stereocenters. The third-order valence-electron chi connectivity index (χ3n) is 2.87. The molecule has 0 atom stereocenters. The van der Waals surface area contributed by atoms with Crippen molar-refractivity contribution in [1.82, 2.24) is 4.98 Å². The van der Waals surface area contributed by atoms with Gasteiger partial charge in [-0.3, -0.25) is 9.98 Å². The molecule has 0 aliphatic heterocycles. The Bertz CT molecular complexity index is 376. The van der Waals surface area contributed by atoms with Crippen molar-refractivity contribution in [1.29, 1.82) is 0 Å². The molecular weight excluding hydrogens is 232 g/mol. The Balaban J connectivity index is 0.000000342. The third-order valence-corrected chi connectivity index (χ3v) is 2.87. The van der Waals surface area contributed by atoms with Crippen molar-refractivity contribution in [2.24, 2.45) is 10.9 Å². The Labute approximate surface area is 118 Å². The van der Waals surface area contributed by atoms with Crippen LogP contribution in [0.5, 0.6) is 0 Å². The van der Waals surface area contributed by atoms with E-state index >= 15 is 0 Å². The lowest BCUT2D eigenvalue weighted by Crippen LogP contribution is -1.92. The monoisotopic (exact) mass is 260 g/mol. The molecule has 2 heteroatoms. The lowest BCUT2D eigenvalue weighted by atomic mass is 10.0. The van der Waals surface area contributed by atoms with Gasteiger partial charge in [-0.1, -0.05) is 46.3 Å². The fraction of sp³-hybridized carbons (Fsp3) is 0.529. The molecular formula is C17H28N2. The van der Waals surface area contributed by atoms with Crippen LogP contribution < -0.4 is 0 Å². The minimum absolute atomic E-state index is 0.547. The second kappa shape index (κ2) is 10.5. The highest BCUT2D eigenvalue weighted by molar-refractivity contribution is 5.72. The van der Waals surface area contributed by atoms with Gasteiger partial charge in [-0.15, -0.1) is 0 Å². The fourth-order valence-corrected chi connectivity index (χ4v) is 1.61. The van der Waals surface area contributed by atoms with Crippen molar-refractivity contribution in [2.45, 2.75) is 47.0 Å². The number of hydrogen-bond acceptors (Lipinski definition) is 2. The molecule has 0 aliphatic carbocycles. The Morgan fingerprint density at radius 1 is 1.26 bits per heavy atom. The number of allylic oxidation sites excluding steroid dienone is 2. The van der Waals surface area contributed by atoms with E-state index in [2.05, 4.69) is 50.7 Å². The molecule has 0 saturated carbocycles. The lowest BCUT2D eigenvalue weighted by molar-refractivity contribution is 0.734. The minimum Gasteiger partial charge on any atom is -0.297 e. The highest BCUT2D eigenvalue weighted by atomic mass is 14.7. The molecule has 0 bridgehead atoms. The van der Waals surface area contributed by atoms with Crippen LogP contribution in [0.15, 0.2) is 41.0 Å². The zero-order chi connectivity index (χ0) is 14.7. The minimum atomic E-state index is 0.547. The van der Waals surface area contributed by atoms with E-state index in [-0.39, 0.29) is 0 Å². The predicted molar refractivity (Wildman–Crippen MR) is 86.0 cm³/mol. The normalized spacial score (nSPS) is 11.9. The topological polar surface area (TPSA) is 25.2 Å². The van der Waals surface area contributed by atoms with Crippen molar-refractivity contribution in [2.75, 3.05) is 7.05 Å². The highest BCUT2D eigenvalue weighted by Gasteiger charge is 1.97. The number of aromatic nitrogens is 1. The van der Waals surface area contributed by atoms with Crippen LogP contribution in [0.4, 0.5) is 0 Å². The Morgan fingerprint density at radius 2 is 1.95 bits per heavy atom. The third kappa shape index (κ3) is 8.30. The molecule has 0 fully saturated rings. The van der Waals surface area contributed by atoms with Gasteiger partial charge in [-0.2, -0.15) is 0 Å². The molecule has 1 aromatic heterocycles. The molecule has 2 nitrogen and oxygen atoms in total. The molecule has 0 spiro atoms. The fourth-order valence-electron chi connectivity index (χ4n) is 1.61. The van der Waals surface area contributed by atoms with E-state index in [0.29, 0.717) is 11.8 Å². The Kier molecular flexibility index (Phi) is 9.69. The molecule has 0 saturated heterocycles. The summed E-state index contributed by atoms with van der Waals surface area (Å²) in [7, 11) is 1.80. The van der Waals surface area contributed by atoms with Crippen LogP contribution >= 0.6 is 0 Å². The predicted octanol–water partition coefficient (Wildman–Crippen LogP) is 4.88. The average molecular weight is 260 g/mol. The number of pyridine rings is 1. The summed E-state index contributed by atoms with van der Waals surface area (Å²) in [6.07, 6.45) is 6.92. The summed E-state index contributed by atoms with van der Waals surface area (Å²) in [4.78, 5) is 8.08. The second-order valence-corrected chi connectivity index (χ2v) is 5.07. The van der Waals surface area contributed by atoms with Gasteiger partial charge < -0.3 is 0 Å². The smallest absolute Gasteiger partial charge is 0.0428 e. The van der Waals surface area contributed by atoms with Gasteiger partial charge in [-0.05, 0) is 36.5 Å². The molecule has 0 aromatic carbocycles. The van der Waals surface area contributed by atoms with Crippen LogP contribution in [0.3, 0.4) is 0 Å². The molecule has 1 heterocycles. The summed E-state index contributed by atoms with van der Waals surface area (Å²) in [5.41, 5.74) is 2.63. The van der Waals surface area contributed by atoms with Crippen molar-refractivity contribution in [3.63, 3.8) is 0 Å². The molecule has 1 rings (SSSR count). The first kappa shape index (κ1) is 17.6. The molecule has 0 aliphatic rings. The first-order valence-electron chi connectivity index (χ1n) is 7.05. The van der Waals surface area contributed by atoms with Crippen LogP contribution in [-0.2, 0) is 0 Å². The van der Waals surface area contributed by atoms with Crippen molar-refractivity contribution < 1.29 is 0 Å². The zero-order valence-electron chi connectivity index (χ0n) is 13.2. The quantitative estimate of drug-likeness (QED) is 0.708. The molecule has 106 valence electrons. The maximum atomic E-state index is 4.18. The van der Waals surface area contributed by atoms with E-state index in [1.165, 1.54) is 5.57 Å². The first-order chi connectivity index (χ1) is 9.02. The first-order valence-corrected chi connectivity index (χ1v) is 7.05. The van der Waals surface area contributed by atoms with Gasteiger partial charge in [0.05, 0.1) is 0 Å². The van der Waals surface area contributed by atoms with Gasteiger partial charge >= 0.3 is 0 Å². The summed E-state index contributed by atoms with van der Waals surface area (Å²) in [5, 5.41) is 0. The molecule has 1 aromatic rings. The standard InChI is InChI=1S/C9H17N.C8H11N/c1-5-9(8(2)3)6-7-10-4;1-7(2)8-5-3-4-6-9-8/h6-8H,5H2,1-4H3;3-7H,1-2H3/b9-6+,10-7?;. The molecule has 0 amide bonds. The number of hydrogen-bond donors (Lipinski definition) is 0. The average Bonchev–Trinajstić information content (AvgIpc) is 2.41. The van der Waals surface area contributed by atoms with Gasteiger partial charge in [0.2, 0.25) is 0 Å². The largest absolute Gasteiger partial charge is 0.297 e. The number of rotatable bonds is 4. The van der Waals surface area contributed by atoms with Crippen molar-refractivity contribution in [3.05, 3.63) is 41.7 Å². The maximum absolute atomic E-state index is 4.18. The van der Waals surface area contributed by atoms with Gasteiger partial charge in [0, 0.05) is 25.2 Å². The molecule has 19 heavy (non-hydrogen) atoms. The Morgan fingerprint density at radius 3 is 2.26 bits per heavy atom. The molecule has 0 N–H and O–H groups in total. The zero-order valence-corrected chi connectivity index (χ0v) is 13.2. The summed E-state index contributed by atoms with van der Waals surface area (Å²) in [5.74, 6) is 1.20. The van der Waals surface area contributed by atoms with E-state index in [9.17, 15) is 0 Å². The summed E-state index contributed by atoms with van der Waals surface area (Å²) < 4.78 is 0. The van der Waals surface area contributed by atoms with Crippen LogP contribution in [0.2, 0.25) is 0 Å². The van der Waals surface area contributed by atoms with E-state index < -0.39 is 0 Å². The van der Waals surface area contributed by atoms with Gasteiger partial charge in [0.15, 0.2) is 0 Å². The van der Waals surface area contributed by atoms with Crippen LogP contribution in [0, 0.1) is 5.92 Å². The van der Waals surface area contributed by atoms with E-state index in [1.807, 2.05) is 30.6 Å². The van der Waals surface area contributed by atoms with Gasteiger partial charge in [0.1, 0.15) is 0 Å². The Hall–Kier alpha value is -1.44. The summed E-state index contributed by atoms with van der Waals surface area (Å²) in [6, 6.07) is 6.00.